The van der Waals surface area contributed by atoms with Gasteiger partial charge in [-0.1, -0.05) is 41.0 Å². The number of aromatic nitrogens is 5. The van der Waals surface area contributed by atoms with Crippen molar-refractivity contribution in [1.82, 2.24) is 24.5 Å². The maximum atomic E-state index is 6.25. The summed E-state index contributed by atoms with van der Waals surface area (Å²) in [7, 11) is 4.67. The van der Waals surface area contributed by atoms with Crippen LogP contribution in [0.2, 0.25) is 10.0 Å². The zero-order chi connectivity index (χ0) is 22.7. The molecule has 166 valence electrons. The Morgan fingerprint density at radius 3 is 2.44 bits per heavy atom. The molecule has 0 bridgehead atoms. The van der Waals surface area contributed by atoms with Crippen LogP contribution in [0.25, 0.3) is 5.78 Å². The number of ether oxygens (including phenoxy) is 3. The highest BCUT2D eigenvalue weighted by molar-refractivity contribution is 7.98. The van der Waals surface area contributed by atoms with Crippen LogP contribution in [-0.2, 0) is 5.75 Å². The summed E-state index contributed by atoms with van der Waals surface area (Å²) in [4.78, 5) is 0. The van der Waals surface area contributed by atoms with Gasteiger partial charge in [0.2, 0.25) is 10.9 Å². The predicted molar refractivity (Wildman–Crippen MR) is 124 cm³/mol. The number of hydrogen-bond acceptors (Lipinski definition) is 8. The maximum Gasteiger partial charge on any atom is 0.275 e. The summed E-state index contributed by atoms with van der Waals surface area (Å²) in [6.07, 6.45) is 3.19. The van der Waals surface area contributed by atoms with E-state index in [0.29, 0.717) is 44.0 Å². The first-order valence-corrected chi connectivity index (χ1v) is 11.0. The Morgan fingerprint density at radius 1 is 1.03 bits per heavy atom. The van der Waals surface area contributed by atoms with Gasteiger partial charge in [0.1, 0.15) is 6.33 Å². The molecule has 0 N–H and O–H groups in total. The van der Waals surface area contributed by atoms with E-state index >= 15 is 0 Å². The van der Waals surface area contributed by atoms with Crippen LogP contribution in [0.15, 0.2) is 46.9 Å². The van der Waals surface area contributed by atoms with Crippen molar-refractivity contribution >= 4 is 47.0 Å². The Balaban J connectivity index is 1.55. The van der Waals surface area contributed by atoms with Gasteiger partial charge >= 0.3 is 0 Å². The van der Waals surface area contributed by atoms with Gasteiger partial charge in [-0.15, -0.1) is 10.2 Å². The molecule has 0 spiro atoms. The Bertz CT molecular complexity index is 1260. The first kappa shape index (κ1) is 22.3. The Labute approximate surface area is 197 Å². The number of hydrogen-bond donors (Lipinski definition) is 0. The van der Waals surface area contributed by atoms with Gasteiger partial charge in [0.05, 0.1) is 27.5 Å². The fraction of sp³-hybridized carbons (Fsp3) is 0.200. The van der Waals surface area contributed by atoms with Crippen LogP contribution >= 0.6 is 35.0 Å². The molecular weight excluding hydrogens is 475 g/mol. The first-order valence-electron chi connectivity index (χ1n) is 9.24. The highest BCUT2D eigenvalue weighted by Crippen LogP contribution is 2.37. The van der Waals surface area contributed by atoms with E-state index < -0.39 is 0 Å². The van der Waals surface area contributed by atoms with Crippen LogP contribution < -0.4 is 14.2 Å². The third-order valence-electron chi connectivity index (χ3n) is 4.47. The lowest BCUT2D eigenvalue weighted by Gasteiger charge is -2.12. The molecule has 2 heterocycles. The monoisotopic (exact) mass is 492 g/mol. The van der Waals surface area contributed by atoms with Crippen molar-refractivity contribution in [3.8, 4) is 17.2 Å². The lowest BCUT2D eigenvalue weighted by atomic mass is 10.2. The van der Waals surface area contributed by atoms with Crippen molar-refractivity contribution in [1.29, 1.82) is 0 Å². The van der Waals surface area contributed by atoms with Gasteiger partial charge in [-0.3, -0.25) is 0 Å². The number of rotatable bonds is 8. The SMILES string of the molecule is COc1cc(/C=N/n2cnn3c(SCc4ccc(Cl)cc4Cl)nnc23)cc(OC)c1OC. The van der Waals surface area contributed by atoms with Crippen LogP contribution in [0, 0.1) is 0 Å². The third-order valence-corrected chi connectivity index (χ3v) is 6.02. The first-order chi connectivity index (χ1) is 15.5. The second-order valence-corrected chi connectivity index (χ2v) is 8.18. The molecule has 9 nitrogen and oxygen atoms in total. The number of fused-ring (bicyclic) bond motifs is 1. The third kappa shape index (κ3) is 4.47. The average molecular weight is 493 g/mol. The molecule has 0 aliphatic rings. The molecule has 4 rings (SSSR count). The second-order valence-electron chi connectivity index (χ2n) is 6.40. The molecule has 0 atom stereocenters. The average Bonchev–Trinajstić information content (AvgIpc) is 3.38. The maximum absolute atomic E-state index is 6.25. The largest absolute Gasteiger partial charge is 0.493 e. The highest BCUT2D eigenvalue weighted by atomic mass is 35.5. The van der Waals surface area contributed by atoms with E-state index in [0.717, 1.165) is 11.1 Å². The molecule has 2 aromatic heterocycles. The van der Waals surface area contributed by atoms with E-state index in [-0.39, 0.29) is 0 Å². The molecule has 0 aliphatic carbocycles. The van der Waals surface area contributed by atoms with Crippen LogP contribution in [0.3, 0.4) is 0 Å². The molecule has 0 amide bonds. The summed E-state index contributed by atoms with van der Waals surface area (Å²) in [5.74, 6) is 2.64. The second kappa shape index (κ2) is 9.68. The fourth-order valence-electron chi connectivity index (χ4n) is 2.91. The molecule has 0 fully saturated rings. The summed E-state index contributed by atoms with van der Waals surface area (Å²) in [6.45, 7) is 0. The molecular formula is C20H18Cl2N6O3S. The van der Waals surface area contributed by atoms with Gasteiger partial charge in [0.25, 0.3) is 5.78 Å². The van der Waals surface area contributed by atoms with Crippen molar-refractivity contribution < 1.29 is 14.2 Å². The van der Waals surface area contributed by atoms with E-state index in [9.17, 15) is 0 Å². The molecule has 0 saturated heterocycles. The summed E-state index contributed by atoms with van der Waals surface area (Å²) in [6, 6.07) is 8.98. The quantitative estimate of drug-likeness (QED) is 0.265. The Hall–Kier alpha value is -2.95. The van der Waals surface area contributed by atoms with Crippen molar-refractivity contribution in [2.24, 2.45) is 5.10 Å². The summed E-state index contributed by atoms with van der Waals surface area (Å²) >= 11 is 13.7. The van der Waals surface area contributed by atoms with Crippen LogP contribution in [-0.4, -0.2) is 52.0 Å². The van der Waals surface area contributed by atoms with Gasteiger partial charge < -0.3 is 14.2 Å². The van der Waals surface area contributed by atoms with Gasteiger partial charge in [0.15, 0.2) is 11.5 Å². The molecule has 32 heavy (non-hydrogen) atoms. The topological polar surface area (TPSA) is 88.1 Å². The predicted octanol–water partition coefficient (Wildman–Crippen LogP) is 4.43. The Kier molecular flexibility index (Phi) is 6.73. The number of halogens is 2. The minimum atomic E-state index is 0.471. The molecule has 0 aliphatic heterocycles. The van der Waals surface area contributed by atoms with E-state index in [1.54, 1.807) is 62.7 Å². The van der Waals surface area contributed by atoms with Gasteiger partial charge in [-0.2, -0.15) is 19.4 Å². The number of nitrogens with zero attached hydrogens (tertiary/aromatic N) is 6. The van der Waals surface area contributed by atoms with E-state index in [2.05, 4.69) is 20.4 Å². The van der Waals surface area contributed by atoms with Crippen LogP contribution in [0.5, 0.6) is 17.2 Å². The molecule has 2 aromatic carbocycles. The zero-order valence-corrected chi connectivity index (χ0v) is 19.6. The zero-order valence-electron chi connectivity index (χ0n) is 17.3. The smallest absolute Gasteiger partial charge is 0.275 e. The summed E-state index contributed by atoms with van der Waals surface area (Å²) < 4.78 is 19.2. The molecule has 4 aromatic rings. The minimum absolute atomic E-state index is 0.471. The van der Waals surface area contributed by atoms with Crippen LogP contribution in [0.1, 0.15) is 11.1 Å². The van der Waals surface area contributed by atoms with E-state index in [4.69, 9.17) is 37.4 Å². The minimum Gasteiger partial charge on any atom is -0.493 e. The molecule has 0 unspecified atom stereocenters. The molecule has 0 saturated carbocycles. The molecule has 12 heteroatoms. The number of methoxy groups -OCH3 is 3. The van der Waals surface area contributed by atoms with E-state index in [1.165, 1.54) is 16.4 Å². The van der Waals surface area contributed by atoms with Gasteiger partial charge in [0, 0.05) is 21.4 Å². The lowest BCUT2D eigenvalue weighted by molar-refractivity contribution is 0.324. The normalized spacial score (nSPS) is 11.4. The van der Waals surface area contributed by atoms with E-state index in [1.807, 2.05) is 6.07 Å². The van der Waals surface area contributed by atoms with Crippen molar-refractivity contribution in [3.63, 3.8) is 0 Å². The standard InChI is InChI=1S/C20H18Cl2N6O3S/c1-29-16-6-12(7-17(30-2)18(16)31-3)9-23-27-11-24-28-19(27)25-26-20(28)32-10-13-4-5-14(21)8-15(13)22/h4-9,11H,10H2,1-3H3/b23-9+. The van der Waals surface area contributed by atoms with Crippen molar-refractivity contribution in [2.75, 3.05) is 21.3 Å². The lowest BCUT2D eigenvalue weighted by Crippen LogP contribution is -1.97. The summed E-state index contributed by atoms with van der Waals surface area (Å²) in [5, 5.41) is 19.0. The van der Waals surface area contributed by atoms with Gasteiger partial charge in [-0.05, 0) is 29.8 Å². The highest BCUT2D eigenvalue weighted by Gasteiger charge is 2.14. The molecule has 0 radical (unpaired) electrons. The van der Waals surface area contributed by atoms with Crippen LogP contribution in [0.4, 0.5) is 0 Å². The Morgan fingerprint density at radius 2 is 1.78 bits per heavy atom. The van der Waals surface area contributed by atoms with Crippen molar-refractivity contribution in [3.05, 3.63) is 57.8 Å². The number of benzene rings is 2. The van der Waals surface area contributed by atoms with Crippen molar-refractivity contribution in [2.45, 2.75) is 10.9 Å². The fourth-order valence-corrected chi connectivity index (χ4v) is 4.35. The van der Waals surface area contributed by atoms with Gasteiger partial charge in [-0.25, -0.2) is 0 Å². The number of thioether (sulfide) groups is 1. The summed E-state index contributed by atoms with van der Waals surface area (Å²) in [5.41, 5.74) is 1.69.